The zero-order valence-electron chi connectivity index (χ0n) is 7.57. The summed E-state index contributed by atoms with van der Waals surface area (Å²) < 4.78 is 0. The smallest absolute Gasteiger partial charge is 0.0485 e. The zero-order chi connectivity index (χ0) is 8.43. The highest BCUT2D eigenvalue weighted by Crippen LogP contribution is 2.15. The van der Waals surface area contributed by atoms with Crippen LogP contribution in [0.1, 0.15) is 20.3 Å². The van der Waals surface area contributed by atoms with Gasteiger partial charge in [0.15, 0.2) is 0 Å². The molecule has 1 N–H and O–H groups in total. The predicted octanol–water partition coefficient (Wildman–Crippen LogP) is 1.68. The average molecular weight is 152 g/mol. The number of nitrogens with zero attached hydrogens (tertiary/aromatic N) is 1. The van der Waals surface area contributed by atoms with Gasteiger partial charge in [0.05, 0.1) is 0 Å². The largest absolute Gasteiger partial charge is 0.304 e. The Morgan fingerprint density at radius 3 is 2.55 bits per heavy atom. The lowest BCUT2D eigenvalue weighted by Crippen LogP contribution is -2.33. The molecule has 1 rings (SSSR count). The minimum Gasteiger partial charge on any atom is -0.304 e. The molecule has 1 aliphatic rings. The van der Waals surface area contributed by atoms with E-state index in [1.165, 1.54) is 11.1 Å². The number of rotatable bonds is 0. The van der Waals surface area contributed by atoms with E-state index in [1.807, 2.05) is 0 Å². The molecule has 0 aliphatic carbocycles. The Morgan fingerprint density at radius 1 is 1.45 bits per heavy atom. The second-order valence-electron chi connectivity index (χ2n) is 3.44. The summed E-state index contributed by atoms with van der Waals surface area (Å²) in [5.74, 6) is 0. The Hall–Kier alpha value is -0.630. The van der Waals surface area contributed by atoms with Crippen LogP contribution < -0.4 is 0 Å². The van der Waals surface area contributed by atoms with Crippen LogP contribution in [0.2, 0.25) is 0 Å². The lowest BCUT2D eigenvalue weighted by Gasteiger charge is -2.25. The van der Waals surface area contributed by atoms with Gasteiger partial charge in [0, 0.05) is 18.8 Å². The summed E-state index contributed by atoms with van der Waals surface area (Å²) in [6.07, 6.45) is 1.05. The Kier molecular flexibility index (Phi) is 2.45. The zero-order valence-corrected chi connectivity index (χ0v) is 7.57. The van der Waals surface area contributed by atoms with Crippen LogP contribution in [-0.4, -0.2) is 30.7 Å². The Morgan fingerprint density at radius 2 is 2.09 bits per heavy atom. The summed E-state index contributed by atoms with van der Waals surface area (Å²) in [5.41, 5.74) is 3.38. The maximum absolute atomic E-state index is 7.71. The van der Waals surface area contributed by atoms with Gasteiger partial charge >= 0.3 is 0 Å². The number of hydrogen-bond acceptors (Lipinski definition) is 2. The van der Waals surface area contributed by atoms with Crippen LogP contribution in [0.5, 0.6) is 0 Å². The van der Waals surface area contributed by atoms with E-state index in [0.717, 1.165) is 25.2 Å². The predicted molar refractivity (Wildman–Crippen MR) is 48.2 cm³/mol. The van der Waals surface area contributed by atoms with Gasteiger partial charge < -0.3 is 10.3 Å². The lowest BCUT2D eigenvalue weighted by molar-refractivity contribution is 0.372. The molecule has 0 saturated carbocycles. The normalized spacial score (nSPS) is 20.6. The SMILES string of the molecule is CC(C)=C1CCN(C)CC1=N. The van der Waals surface area contributed by atoms with Gasteiger partial charge in [-0.15, -0.1) is 0 Å². The summed E-state index contributed by atoms with van der Waals surface area (Å²) >= 11 is 0. The monoisotopic (exact) mass is 152 g/mol. The van der Waals surface area contributed by atoms with E-state index in [1.54, 1.807) is 0 Å². The van der Waals surface area contributed by atoms with Gasteiger partial charge in [-0.1, -0.05) is 5.57 Å². The molecule has 0 spiro atoms. The molecule has 1 fully saturated rings. The first-order valence-electron chi connectivity index (χ1n) is 4.04. The van der Waals surface area contributed by atoms with Crippen molar-refractivity contribution in [2.24, 2.45) is 0 Å². The van der Waals surface area contributed by atoms with Crippen molar-refractivity contribution >= 4 is 5.71 Å². The van der Waals surface area contributed by atoms with Gasteiger partial charge in [-0.2, -0.15) is 0 Å². The topological polar surface area (TPSA) is 27.1 Å². The third kappa shape index (κ3) is 1.90. The van der Waals surface area contributed by atoms with E-state index in [9.17, 15) is 0 Å². The summed E-state index contributed by atoms with van der Waals surface area (Å²) in [5, 5.41) is 7.71. The molecule has 1 heterocycles. The molecular formula is C9H16N2. The first-order valence-corrected chi connectivity index (χ1v) is 4.04. The lowest BCUT2D eigenvalue weighted by atomic mass is 9.98. The Labute approximate surface area is 68.4 Å². The van der Waals surface area contributed by atoms with Gasteiger partial charge in [-0.3, -0.25) is 0 Å². The van der Waals surface area contributed by atoms with E-state index in [2.05, 4.69) is 25.8 Å². The highest BCUT2D eigenvalue weighted by atomic mass is 15.1. The van der Waals surface area contributed by atoms with Crippen LogP contribution in [0.25, 0.3) is 0 Å². The average Bonchev–Trinajstić information content (AvgIpc) is 1.85. The molecule has 0 aromatic rings. The summed E-state index contributed by atoms with van der Waals surface area (Å²) in [6, 6.07) is 0. The molecule has 11 heavy (non-hydrogen) atoms. The second kappa shape index (κ2) is 3.18. The Balaban J connectivity index is 2.74. The molecule has 0 bridgehead atoms. The highest BCUT2D eigenvalue weighted by Gasteiger charge is 2.15. The highest BCUT2D eigenvalue weighted by molar-refractivity contribution is 6.00. The summed E-state index contributed by atoms with van der Waals surface area (Å²) in [4.78, 5) is 2.19. The van der Waals surface area contributed by atoms with Gasteiger partial charge in [0.1, 0.15) is 0 Å². The summed E-state index contributed by atoms with van der Waals surface area (Å²) in [6.45, 7) is 6.10. The minimum atomic E-state index is 0.804. The molecule has 0 atom stereocenters. The van der Waals surface area contributed by atoms with Crippen LogP contribution in [0.3, 0.4) is 0 Å². The fourth-order valence-corrected chi connectivity index (χ4v) is 1.45. The molecule has 0 amide bonds. The van der Waals surface area contributed by atoms with Crippen molar-refractivity contribution in [3.63, 3.8) is 0 Å². The molecule has 1 saturated heterocycles. The van der Waals surface area contributed by atoms with Gasteiger partial charge in [-0.05, 0) is 32.9 Å². The number of piperidine rings is 1. The van der Waals surface area contributed by atoms with Crippen molar-refractivity contribution in [3.8, 4) is 0 Å². The molecular weight excluding hydrogens is 136 g/mol. The van der Waals surface area contributed by atoms with Crippen LogP contribution in [-0.2, 0) is 0 Å². The van der Waals surface area contributed by atoms with Gasteiger partial charge in [0.25, 0.3) is 0 Å². The quantitative estimate of drug-likeness (QED) is 0.561. The molecule has 1 aliphatic heterocycles. The van der Waals surface area contributed by atoms with Gasteiger partial charge in [-0.25, -0.2) is 0 Å². The fourth-order valence-electron chi connectivity index (χ4n) is 1.45. The molecule has 62 valence electrons. The van der Waals surface area contributed by atoms with Crippen LogP contribution in [0, 0.1) is 5.41 Å². The third-order valence-corrected chi connectivity index (χ3v) is 2.14. The minimum absolute atomic E-state index is 0.804. The molecule has 0 unspecified atom stereocenters. The number of allylic oxidation sites excluding steroid dienone is 1. The first kappa shape index (κ1) is 8.47. The molecule has 0 aromatic heterocycles. The van der Waals surface area contributed by atoms with Crippen LogP contribution >= 0.6 is 0 Å². The van der Waals surface area contributed by atoms with E-state index >= 15 is 0 Å². The molecule has 2 nitrogen and oxygen atoms in total. The van der Waals surface area contributed by atoms with E-state index < -0.39 is 0 Å². The van der Waals surface area contributed by atoms with Crippen molar-refractivity contribution in [3.05, 3.63) is 11.1 Å². The van der Waals surface area contributed by atoms with E-state index in [4.69, 9.17) is 5.41 Å². The standard InChI is InChI=1S/C9H16N2/c1-7(2)8-4-5-11(3)6-9(8)10/h10H,4-6H2,1-3H3. The molecule has 0 radical (unpaired) electrons. The summed E-state index contributed by atoms with van der Waals surface area (Å²) in [7, 11) is 2.07. The van der Waals surface area contributed by atoms with E-state index in [-0.39, 0.29) is 0 Å². The van der Waals surface area contributed by atoms with Gasteiger partial charge in [0.2, 0.25) is 0 Å². The third-order valence-electron chi connectivity index (χ3n) is 2.14. The van der Waals surface area contributed by atoms with Crippen molar-refractivity contribution in [1.82, 2.24) is 4.90 Å². The van der Waals surface area contributed by atoms with Crippen molar-refractivity contribution in [2.75, 3.05) is 20.1 Å². The van der Waals surface area contributed by atoms with Crippen LogP contribution in [0.15, 0.2) is 11.1 Å². The molecule has 2 heteroatoms. The first-order chi connectivity index (χ1) is 5.11. The van der Waals surface area contributed by atoms with Crippen molar-refractivity contribution < 1.29 is 0 Å². The fraction of sp³-hybridized carbons (Fsp3) is 0.667. The van der Waals surface area contributed by atoms with Crippen LogP contribution in [0.4, 0.5) is 0 Å². The number of likely N-dealkylation sites (tertiary alicyclic amines) is 1. The molecule has 0 aromatic carbocycles. The number of nitrogens with one attached hydrogen (secondary N) is 1. The van der Waals surface area contributed by atoms with Crippen molar-refractivity contribution in [2.45, 2.75) is 20.3 Å². The van der Waals surface area contributed by atoms with Crippen molar-refractivity contribution in [1.29, 1.82) is 5.41 Å². The van der Waals surface area contributed by atoms with E-state index in [0.29, 0.717) is 0 Å². The Bertz CT molecular complexity index is 200. The maximum atomic E-state index is 7.71. The second-order valence-corrected chi connectivity index (χ2v) is 3.44. The maximum Gasteiger partial charge on any atom is 0.0485 e. The number of hydrogen-bond donors (Lipinski definition) is 1.